The fourth-order valence-corrected chi connectivity index (χ4v) is 4.23. The first kappa shape index (κ1) is 13.4. The van der Waals surface area contributed by atoms with E-state index in [1.807, 2.05) is 4.90 Å². The summed E-state index contributed by atoms with van der Waals surface area (Å²) in [4.78, 5) is 16.8. The first-order valence-corrected chi connectivity index (χ1v) is 8.00. The van der Waals surface area contributed by atoms with Gasteiger partial charge in [-0.1, -0.05) is 6.42 Å². The average molecular weight is 265 g/mol. The molecular weight excluding hydrogens is 238 g/mol. The Balaban J connectivity index is 1.54. The molecule has 1 amide bonds. The molecule has 4 nitrogen and oxygen atoms in total. The number of hydrogen-bond acceptors (Lipinski definition) is 3. The van der Waals surface area contributed by atoms with Gasteiger partial charge in [0.2, 0.25) is 5.91 Å². The van der Waals surface area contributed by atoms with Gasteiger partial charge in [0, 0.05) is 45.2 Å². The number of likely N-dealkylation sites (tertiary alicyclic amines) is 2. The van der Waals surface area contributed by atoms with E-state index in [9.17, 15) is 4.79 Å². The van der Waals surface area contributed by atoms with Gasteiger partial charge in [-0.15, -0.1) is 0 Å². The number of amides is 1. The minimum absolute atomic E-state index is 0.277. The molecule has 2 saturated heterocycles. The van der Waals surface area contributed by atoms with E-state index in [0.29, 0.717) is 18.9 Å². The highest BCUT2D eigenvalue weighted by Crippen LogP contribution is 2.38. The molecule has 3 atom stereocenters. The molecule has 3 rings (SSSR count). The Hall–Kier alpha value is -0.610. The Kier molecular flexibility index (Phi) is 4.08. The molecule has 3 unspecified atom stereocenters. The summed E-state index contributed by atoms with van der Waals surface area (Å²) >= 11 is 0. The lowest BCUT2D eigenvalue weighted by molar-refractivity contribution is -0.131. The minimum Gasteiger partial charge on any atom is -0.343 e. The van der Waals surface area contributed by atoms with Crippen molar-refractivity contribution < 1.29 is 4.79 Å². The summed E-state index contributed by atoms with van der Waals surface area (Å²) in [5.74, 6) is 2.09. The third kappa shape index (κ3) is 2.79. The summed E-state index contributed by atoms with van der Waals surface area (Å²) in [6, 6.07) is 0.277. The highest BCUT2D eigenvalue weighted by molar-refractivity contribution is 5.77. The first-order chi connectivity index (χ1) is 9.28. The van der Waals surface area contributed by atoms with Crippen LogP contribution < -0.4 is 5.73 Å². The molecule has 0 bridgehead atoms. The van der Waals surface area contributed by atoms with Crippen LogP contribution in [0.2, 0.25) is 0 Å². The van der Waals surface area contributed by atoms with E-state index in [1.54, 1.807) is 0 Å². The number of nitrogens with two attached hydrogens (primary N) is 1. The van der Waals surface area contributed by atoms with Crippen LogP contribution in [-0.2, 0) is 4.79 Å². The summed E-state index contributed by atoms with van der Waals surface area (Å²) in [6.45, 7) is 4.90. The third-order valence-corrected chi connectivity index (χ3v) is 5.41. The third-order valence-electron chi connectivity index (χ3n) is 5.41. The van der Waals surface area contributed by atoms with Crippen LogP contribution in [0.5, 0.6) is 0 Å². The number of rotatable bonds is 4. The maximum absolute atomic E-state index is 12.3. The van der Waals surface area contributed by atoms with E-state index in [-0.39, 0.29) is 6.04 Å². The molecule has 2 heterocycles. The molecule has 1 saturated carbocycles. The van der Waals surface area contributed by atoms with Gasteiger partial charge in [-0.3, -0.25) is 9.69 Å². The number of carbonyl (C=O) groups excluding carboxylic acids is 1. The van der Waals surface area contributed by atoms with Crippen LogP contribution in [-0.4, -0.2) is 54.5 Å². The summed E-state index contributed by atoms with van der Waals surface area (Å²) in [7, 11) is 0. The number of carbonyl (C=O) groups is 1. The van der Waals surface area contributed by atoms with Crippen molar-refractivity contribution in [3.05, 3.63) is 0 Å². The predicted octanol–water partition coefficient (Wildman–Crippen LogP) is 1.06. The summed E-state index contributed by atoms with van der Waals surface area (Å²) in [5, 5.41) is 0. The van der Waals surface area contributed by atoms with E-state index in [0.717, 1.165) is 24.9 Å². The summed E-state index contributed by atoms with van der Waals surface area (Å²) < 4.78 is 0. The summed E-state index contributed by atoms with van der Waals surface area (Å²) in [6.07, 6.45) is 7.16. The molecule has 0 aromatic carbocycles. The van der Waals surface area contributed by atoms with Gasteiger partial charge in [0.1, 0.15) is 0 Å². The van der Waals surface area contributed by atoms with Crippen molar-refractivity contribution in [2.75, 3.05) is 32.7 Å². The second-order valence-electron chi connectivity index (χ2n) is 6.59. The summed E-state index contributed by atoms with van der Waals surface area (Å²) in [5.41, 5.74) is 5.94. The SMILES string of the molecule is NCC(CC(=O)N1CCCC1)N1CC2CCCC2C1. The Morgan fingerprint density at radius 2 is 1.74 bits per heavy atom. The molecule has 3 fully saturated rings. The lowest BCUT2D eigenvalue weighted by Crippen LogP contribution is -2.43. The molecule has 2 N–H and O–H groups in total. The van der Waals surface area contributed by atoms with Gasteiger partial charge in [0.05, 0.1) is 0 Å². The molecule has 0 aromatic heterocycles. The lowest BCUT2D eigenvalue weighted by atomic mass is 10.0. The van der Waals surface area contributed by atoms with Crippen molar-refractivity contribution in [2.24, 2.45) is 17.6 Å². The van der Waals surface area contributed by atoms with Crippen LogP contribution in [0.1, 0.15) is 38.5 Å². The number of nitrogens with zero attached hydrogens (tertiary/aromatic N) is 2. The Morgan fingerprint density at radius 1 is 1.11 bits per heavy atom. The minimum atomic E-state index is 0.277. The van der Waals surface area contributed by atoms with Crippen molar-refractivity contribution in [2.45, 2.75) is 44.6 Å². The Bertz CT molecular complexity index is 315. The molecule has 2 aliphatic heterocycles. The molecule has 0 spiro atoms. The second-order valence-corrected chi connectivity index (χ2v) is 6.59. The molecule has 0 aromatic rings. The number of fused-ring (bicyclic) bond motifs is 1. The largest absolute Gasteiger partial charge is 0.343 e. The smallest absolute Gasteiger partial charge is 0.224 e. The van der Waals surface area contributed by atoms with Crippen LogP contribution >= 0.6 is 0 Å². The van der Waals surface area contributed by atoms with E-state index in [4.69, 9.17) is 5.73 Å². The highest BCUT2D eigenvalue weighted by Gasteiger charge is 2.39. The lowest BCUT2D eigenvalue weighted by Gasteiger charge is -2.28. The van der Waals surface area contributed by atoms with Crippen LogP contribution in [0, 0.1) is 11.8 Å². The van der Waals surface area contributed by atoms with Gasteiger partial charge in [-0.25, -0.2) is 0 Å². The zero-order chi connectivity index (χ0) is 13.2. The molecule has 3 aliphatic rings. The normalized spacial score (nSPS) is 32.8. The van der Waals surface area contributed by atoms with Crippen LogP contribution in [0.25, 0.3) is 0 Å². The Morgan fingerprint density at radius 3 is 2.32 bits per heavy atom. The molecular formula is C15H27N3O. The van der Waals surface area contributed by atoms with Crippen molar-refractivity contribution >= 4 is 5.91 Å². The van der Waals surface area contributed by atoms with Gasteiger partial charge in [0.15, 0.2) is 0 Å². The van der Waals surface area contributed by atoms with E-state index >= 15 is 0 Å². The average Bonchev–Trinajstić information content (AvgIpc) is 3.09. The van der Waals surface area contributed by atoms with Gasteiger partial charge in [-0.05, 0) is 37.5 Å². The highest BCUT2D eigenvalue weighted by atomic mass is 16.2. The van der Waals surface area contributed by atoms with E-state index in [2.05, 4.69) is 4.90 Å². The van der Waals surface area contributed by atoms with Crippen LogP contribution in [0.15, 0.2) is 0 Å². The van der Waals surface area contributed by atoms with Crippen molar-refractivity contribution in [3.63, 3.8) is 0 Å². The maximum atomic E-state index is 12.3. The first-order valence-electron chi connectivity index (χ1n) is 8.00. The molecule has 0 radical (unpaired) electrons. The van der Waals surface area contributed by atoms with E-state index < -0.39 is 0 Å². The van der Waals surface area contributed by atoms with Crippen molar-refractivity contribution in [3.8, 4) is 0 Å². The van der Waals surface area contributed by atoms with E-state index in [1.165, 1.54) is 45.2 Å². The van der Waals surface area contributed by atoms with Crippen LogP contribution in [0.3, 0.4) is 0 Å². The van der Waals surface area contributed by atoms with Crippen molar-refractivity contribution in [1.82, 2.24) is 9.80 Å². The standard InChI is InChI=1S/C15H27N3O/c16-9-14(8-15(19)17-6-1-2-7-17)18-10-12-4-3-5-13(12)11-18/h12-14H,1-11,16H2. The van der Waals surface area contributed by atoms with Gasteiger partial charge in [0.25, 0.3) is 0 Å². The fraction of sp³-hybridized carbons (Fsp3) is 0.933. The van der Waals surface area contributed by atoms with Gasteiger partial charge in [-0.2, -0.15) is 0 Å². The van der Waals surface area contributed by atoms with Gasteiger partial charge < -0.3 is 10.6 Å². The zero-order valence-corrected chi connectivity index (χ0v) is 11.9. The second kappa shape index (κ2) is 5.80. The maximum Gasteiger partial charge on any atom is 0.224 e. The molecule has 108 valence electrons. The van der Waals surface area contributed by atoms with Crippen molar-refractivity contribution in [1.29, 1.82) is 0 Å². The quantitative estimate of drug-likeness (QED) is 0.827. The zero-order valence-electron chi connectivity index (χ0n) is 11.9. The predicted molar refractivity (Wildman–Crippen MR) is 75.7 cm³/mol. The molecule has 1 aliphatic carbocycles. The molecule has 4 heteroatoms. The van der Waals surface area contributed by atoms with Gasteiger partial charge >= 0.3 is 0 Å². The topological polar surface area (TPSA) is 49.6 Å². The molecule has 19 heavy (non-hydrogen) atoms. The Labute approximate surface area is 116 Å². The monoisotopic (exact) mass is 265 g/mol. The van der Waals surface area contributed by atoms with Crippen LogP contribution in [0.4, 0.5) is 0 Å². The fourth-order valence-electron chi connectivity index (χ4n) is 4.23. The number of hydrogen-bond donors (Lipinski definition) is 1.